The van der Waals surface area contributed by atoms with E-state index in [0.717, 1.165) is 27.7 Å². The summed E-state index contributed by atoms with van der Waals surface area (Å²) in [5.74, 6) is -1.83. The molecule has 0 spiro atoms. The number of carbonyl (C=O) groups is 3. The second-order valence-corrected chi connectivity index (χ2v) is 12.7. The lowest BCUT2D eigenvalue weighted by Gasteiger charge is -2.35. The van der Waals surface area contributed by atoms with Crippen LogP contribution in [0, 0.1) is 18.3 Å². The molecule has 2 heterocycles. The number of aliphatic carboxylic acids is 1. The highest BCUT2D eigenvalue weighted by molar-refractivity contribution is 6.07. The second kappa shape index (κ2) is 11.5. The number of nitrogens with zero attached hydrogens (tertiary/aromatic N) is 2. The van der Waals surface area contributed by atoms with Gasteiger partial charge in [-0.3, -0.25) is 9.59 Å². The van der Waals surface area contributed by atoms with Gasteiger partial charge in [-0.15, -0.1) is 6.58 Å². The van der Waals surface area contributed by atoms with Crippen molar-refractivity contribution in [3.63, 3.8) is 0 Å². The van der Waals surface area contributed by atoms with Crippen LogP contribution in [0.1, 0.15) is 39.2 Å². The summed E-state index contributed by atoms with van der Waals surface area (Å²) in [5.41, 5.74) is 1.51. The van der Waals surface area contributed by atoms with E-state index in [1.54, 1.807) is 0 Å². The van der Waals surface area contributed by atoms with Gasteiger partial charge in [0, 0.05) is 29.4 Å². The fourth-order valence-corrected chi connectivity index (χ4v) is 5.89. The van der Waals surface area contributed by atoms with Crippen LogP contribution in [0.25, 0.3) is 22.2 Å². The zero-order valence-corrected chi connectivity index (χ0v) is 25.0. The minimum atomic E-state index is -1.42. The highest BCUT2D eigenvalue weighted by Gasteiger charge is 2.61. The number of carbonyl (C=O) groups excluding carboxylic acids is 2. The molecule has 2 aromatic carbocycles. The Morgan fingerprint density at radius 3 is 2.51 bits per heavy atom. The number of fused-ring (bicyclic) bond motifs is 1. The van der Waals surface area contributed by atoms with Crippen molar-refractivity contribution >= 4 is 36.7 Å². The summed E-state index contributed by atoms with van der Waals surface area (Å²) in [7, 11) is 5.82. The van der Waals surface area contributed by atoms with Crippen molar-refractivity contribution in [3.8, 4) is 17.0 Å². The standard InChI is InChI=1S/C33H37BN4O5/c1-6-21-17-33(21,31(41)42)36-29(39)26-15-22(18-38(26)30(40)28(37-34)32(3,4)5)43-27-16-24(20-10-8-7-9-11-20)35-25-14-19(2)12-13-23(25)27/h6-14,16,21-22,26,28,37H,1,15,17-18H2,2-5H3,(H,36,39)(H,41,42)/t21?,22-,26+,28-,33-/m1/s1. The van der Waals surface area contributed by atoms with Crippen molar-refractivity contribution in [3.05, 3.63) is 72.8 Å². The number of ether oxygens (including phenoxy) is 1. The molecule has 1 aromatic heterocycles. The molecular formula is C33H37BN4O5. The van der Waals surface area contributed by atoms with Gasteiger partial charge in [0.05, 0.1) is 23.8 Å². The third-order valence-corrected chi connectivity index (χ3v) is 8.45. The van der Waals surface area contributed by atoms with Crippen molar-refractivity contribution in [1.29, 1.82) is 0 Å². The van der Waals surface area contributed by atoms with Gasteiger partial charge in [-0.25, -0.2) is 9.78 Å². The van der Waals surface area contributed by atoms with Gasteiger partial charge in [-0.1, -0.05) is 63.2 Å². The Balaban J connectivity index is 1.49. The molecule has 2 aliphatic rings. The smallest absolute Gasteiger partial charge is 0.330 e. The average molecular weight is 580 g/mol. The first-order valence-corrected chi connectivity index (χ1v) is 14.5. The Morgan fingerprint density at radius 1 is 1.19 bits per heavy atom. The molecule has 43 heavy (non-hydrogen) atoms. The number of amides is 2. The molecular weight excluding hydrogens is 543 g/mol. The van der Waals surface area contributed by atoms with Crippen LogP contribution in [0.4, 0.5) is 0 Å². The summed E-state index contributed by atoms with van der Waals surface area (Å²) < 4.78 is 6.59. The van der Waals surface area contributed by atoms with Crippen LogP contribution in [-0.2, 0) is 14.4 Å². The van der Waals surface area contributed by atoms with Gasteiger partial charge >= 0.3 is 5.97 Å². The van der Waals surface area contributed by atoms with Crippen molar-refractivity contribution in [2.45, 2.75) is 64.3 Å². The number of aryl methyl sites for hydroxylation is 1. The number of hydrogen-bond acceptors (Lipinski definition) is 6. The Morgan fingerprint density at radius 2 is 1.91 bits per heavy atom. The van der Waals surface area contributed by atoms with Crippen LogP contribution in [0.2, 0.25) is 0 Å². The van der Waals surface area contributed by atoms with Crippen molar-refractivity contribution in [2.75, 3.05) is 6.54 Å². The minimum absolute atomic E-state index is 0.118. The zero-order valence-electron chi connectivity index (χ0n) is 25.0. The number of carboxylic acids is 1. The summed E-state index contributed by atoms with van der Waals surface area (Å²) in [6.45, 7) is 11.5. The van der Waals surface area contributed by atoms with E-state index in [4.69, 9.17) is 17.7 Å². The lowest BCUT2D eigenvalue weighted by Crippen LogP contribution is -2.58. The summed E-state index contributed by atoms with van der Waals surface area (Å²) in [6, 6.07) is 15.8. The first-order valence-electron chi connectivity index (χ1n) is 14.5. The van der Waals surface area contributed by atoms with Crippen molar-refractivity contribution < 1.29 is 24.2 Å². The van der Waals surface area contributed by atoms with Crippen LogP contribution in [-0.4, -0.2) is 71.0 Å². The predicted octanol–water partition coefficient (Wildman–Crippen LogP) is 3.79. The number of hydrogen-bond donors (Lipinski definition) is 3. The Bertz CT molecular complexity index is 1570. The normalized spacial score (nSPS) is 23.9. The van der Waals surface area contributed by atoms with Gasteiger partial charge in [0.2, 0.25) is 11.8 Å². The maximum atomic E-state index is 13.9. The number of aromatic nitrogens is 1. The van der Waals surface area contributed by atoms with Gasteiger partial charge in [-0.2, -0.15) is 0 Å². The Labute approximate surface area is 253 Å². The maximum absolute atomic E-state index is 13.9. The Kier molecular flexibility index (Phi) is 8.09. The van der Waals surface area contributed by atoms with Crippen LogP contribution in [0.3, 0.4) is 0 Å². The molecule has 1 aliphatic carbocycles. The van der Waals surface area contributed by atoms with E-state index in [0.29, 0.717) is 5.75 Å². The monoisotopic (exact) mass is 580 g/mol. The second-order valence-electron chi connectivity index (χ2n) is 12.7. The summed E-state index contributed by atoms with van der Waals surface area (Å²) in [4.78, 5) is 46.0. The van der Waals surface area contributed by atoms with E-state index in [2.05, 4.69) is 17.1 Å². The number of carboxylic acid groups (broad SMARTS) is 1. The molecule has 2 fully saturated rings. The average Bonchev–Trinajstić information content (AvgIpc) is 3.52. The molecule has 3 aromatic rings. The van der Waals surface area contributed by atoms with E-state index >= 15 is 0 Å². The van der Waals surface area contributed by atoms with Gasteiger partial charge in [-0.05, 0) is 36.5 Å². The lowest BCUT2D eigenvalue weighted by atomic mass is 9.84. The number of nitrogens with one attached hydrogen (secondary N) is 2. The maximum Gasteiger partial charge on any atom is 0.330 e. The molecule has 9 nitrogen and oxygen atoms in total. The molecule has 2 amide bonds. The third kappa shape index (κ3) is 5.88. The van der Waals surface area contributed by atoms with Gasteiger partial charge in [0.15, 0.2) is 7.98 Å². The first kappa shape index (κ1) is 30.3. The largest absolute Gasteiger partial charge is 0.488 e. The minimum Gasteiger partial charge on any atom is -0.488 e. The molecule has 1 aliphatic heterocycles. The van der Waals surface area contributed by atoms with E-state index in [-0.39, 0.29) is 31.2 Å². The molecule has 10 heteroatoms. The summed E-state index contributed by atoms with van der Waals surface area (Å²) in [6.07, 6.45) is 1.40. The van der Waals surface area contributed by atoms with Gasteiger partial charge < -0.3 is 25.3 Å². The van der Waals surface area contributed by atoms with E-state index in [1.165, 1.54) is 11.0 Å². The molecule has 1 saturated heterocycles. The van der Waals surface area contributed by atoms with Crippen LogP contribution < -0.4 is 15.3 Å². The predicted molar refractivity (Wildman–Crippen MR) is 165 cm³/mol. The quantitative estimate of drug-likeness (QED) is 0.260. The fourth-order valence-electron chi connectivity index (χ4n) is 5.89. The van der Waals surface area contributed by atoms with Gasteiger partial charge in [0.1, 0.15) is 23.4 Å². The van der Waals surface area contributed by atoms with Crippen LogP contribution in [0.15, 0.2) is 67.3 Å². The molecule has 5 rings (SSSR count). The zero-order chi connectivity index (χ0) is 31.1. The number of rotatable bonds is 9. The highest BCUT2D eigenvalue weighted by atomic mass is 16.5. The van der Waals surface area contributed by atoms with Gasteiger partial charge in [0.25, 0.3) is 0 Å². The molecule has 222 valence electrons. The number of likely N-dealkylation sites (tertiary alicyclic amines) is 1. The fraction of sp³-hybridized carbons (Fsp3) is 0.394. The Hall–Kier alpha value is -4.18. The number of benzene rings is 2. The SMILES string of the molecule is [B]N[C@H](C(=O)N1C[C@H](Oc2cc(-c3ccccc3)nc3cc(C)ccc23)C[C@H]1C(=O)N[C@]1(C(=O)O)CC1C=C)C(C)(C)C. The van der Waals surface area contributed by atoms with Crippen LogP contribution in [0.5, 0.6) is 5.75 Å². The summed E-state index contributed by atoms with van der Waals surface area (Å²) in [5, 5.41) is 16.0. The van der Waals surface area contributed by atoms with Crippen molar-refractivity contribution in [1.82, 2.24) is 20.4 Å². The number of pyridine rings is 1. The highest BCUT2D eigenvalue weighted by Crippen LogP contribution is 2.45. The van der Waals surface area contributed by atoms with E-state index < -0.39 is 41.0 Å². The molecule has 1 unspecified atom stereocenters. The topological polar surface area (TPSA) is 121 Å². The molecule has 2 radical (unpaired) electrons. The summed E-state index contributed by atoms with van der Waals surface area (Å²) >= 11 is 0. The molecule has 5 atom stereocenters. The van der Waals surface area contributed by atoms with Crippen LogP contribution >= 0.6 is 0 Å². The third-order valence-electron chi connectivity index (χ3n) is 8.45. The molecule has 1 saturated carbocycles. The molecule has 0 bridgehead atoms. The van der Waals surface area contributed by atoms with E-state index in [9.17, 15) is 19.5 Å². The van der Waals surface area contributed by atoms with Crippen molar-refractivity contribution in [2.24, 2.45) is 11.3 Å². The first-order chi connectivity index (χ1) is 20.4. The van der Waals surface area contributed by atoms with E-state index in [1.807, 2.05) is 82.3 Å². The molecule has 3 N–H and O–H groups in total. The lowest BCUT2D eigenvalue weighted by molar-refractivity contribution is -0.146.